The maximum atomic E-state index is 12.9. The summed E-state index contributed by atoms with van der Waals surface area (Å²) >= 11 is 0. The summed E-state index contributed by atoms with van der Waals surface area (Å²) in [4.78, 5) is 20.8. The van der Waals surface area contributed by atoms with Crippen molar-refractivity contribution < 1.29 is 32.2 Å². The molecule has 0 atom stereocenters. The molecule has 0 aliphatic rings. The summed E-state index contributed by atoms with van der Waals surface area (Å²) in [6.45, 7) is 0.689. The lowest BCUT2D eigenvalue weighted by Crippen LogP contribution is -2.27. The number of halogens is 3. The predicted molar refractivity (Wildman–Crippen MR) is 113 cm³/mol. The number of rotatable bonds is 8. The van der Waals surface area contributed by atoms with Crippen LogP contribution >= 0.6 is 0 Å². The maximum absolute atomic E-state index is 12.9. The highest BCUT2D eigenvalue weighted by Gasteiger charge is 2.31. The summed E-state index contributed by atoms with van der Waals surface area (Å²) in [7, 11) is 1.74. The number of carbonyl (C=O) groups excluding carboxylic acids is 1. The zero-order valence-electron chi connectivity index (χ0n) is 17.4. The number of alkyl halides is 3. The van der Waals surface area contributed by atoms with Gasteiger partial charge in [-0.2, -0.15) is 18.2 Å². The van der Waals surface area contributed by atoms with Crippen LogP contribution in [0.3, 0.4) is 0 Å². The molecule has 2 heterocycles. The molecule has 0 aliphatic heterocycles. The Hall–Kier alpha value is -3.64. The van der Waals surface area contributed by atoms with Crippen molar-refractivity contribution in [2.75, 3.05) is 31.7 Å². The average Bonchev–Trinajstić information content (AvgIpc) is 3.32. The number of nitrogens with one attached hydrogen (secondary N) is 2. The highest BCUT2D eigenvalue weighted by atomic mass is 19.4. The minimum absolute atomic E-state index is 0.0106. The van der Waals surface area contributed by atoms with Gasteiger partial charge < -0.3 is 24.1 Å². The van der Waals surface area contributed by atoms with Crippen LogP contribution in [0.4, 0.5) is 25.1 Å². The highest BCUT2D eigenvalue weighted by molar-refractivity contribution is 5.97. The first kappa shape index (κ1) is 22.6. The molecule has 0 saturated carbocycles. The topological polar surface area (TPSA) is 114 Å². The van der Waals surface area contributed by atoms with Gasteiger partial charge in [0, 0.05) is 19.2 Å². The molecule has 0 saturated heterocycles. The molecule has 9 nitrogen and oxygen atoms in total. The summed E-state index contributed by atoms with van der Waals surface area (Å²) in [5.74, 6) is 0.0339. The molecule has 1 amide bonds. The molecule has 0 fully saturated rings. The van der Waals surface area contributed by atoms with Crippen molar-refractivity contribution in [2.45, 2.75) is 6.18 Å². The molecule has 0 spiro atoms. The smallest absolute Gasteiger partial charge is 0.416 e. The van der Waals surface area contributed by atoms with Gasteiger partial charge in [0.15, 0.2) is 5.58 Å². The number of benzene rings is 2. The number of amides is 1. The third kappa shape index (κ3) is 4.91. The number of carbonyl (C=O) groups is 1. The van der Waals surface area contributed by atoms with E-state index in [0.29, 0.717) is 23.6 Å². The van der Waals surface area contributed by atoms with Crippen LogP contribution in [0.2, 0.25) is 0 Å². The number of anilines is 2. The lowest BCUT2D eigenvalue weighted by Gasteiger charge is -2.06. The molecule has 2 aromatic carbocycles. The van der Waals surface area contributed by atoms with E-state index in [1.165, 1.54) is 6.07 Å². The Bertz CT molecular complexity index is 1300. The second-order valence-electron chi connectivity index (χ2n) is 7.11. The molecular weight excluding hydrogens is 443 g/mol. The number of ether oxygens (including phenoxy) is 1. The third-order valence-corrected chi connectivity index (χ3v) is 4.84. The zero-order chi connectivity index (χ0) is 23.6. The van der Waals surface area contributed by atoms with E-state index in [1.807, 2.05) is 0 Å². The molecule has 3 N–H and O–H groups in total. The summed E-state index contributed by atoms with van der Waals surface area (Å²) in [5, 5.41) is 14.3. The monoisotopic (exact) mass is 463 g/mol. The van der Waals surface area contributed by atoms with Crippen LogP contribution in [0, 0.1) is 0 Å². The van der Waals surface area contributed by atoms with Gasteiger partial charge in [0.2, 0.25) is 5.95 Å². The van der Waals surface area contributed by atoms with Gasteiger partial charge in [-0.25, -0.2) is 4.98 Å². The van der Waals surface area contributed by atoms with E-state index in [2.05, 4.69) is 20.6 Å². The number of hydrogen-bond acceptors (Lipinski definition) is 7. The summed E-state index contributed by atoms with van der Waals surface area (Å²) in [5.41, 5.74) is 1.09. The van der Waals surface area contributed by atoms with E-state index in [1.54, 1.807) is 29.8 Å². The van der Waals surface area contributed by atoms with Crippen LogP contribution < -0.4 is 10.6 Å². The Morgan fingerprint density at radius 2 is 1.97 bits per heavy atom. The number of aliphatic hydroxyl groups is 1. The van der Waals surface area contributed by atoms with Crippen molar-refractivity contribution >= 4 is 40.0 Å². The Kier molecular flexibility index (Phi) is 6.20. The Morgan fingerprint density at radius 3 is 2.73 bits per heavy atom. The van der Waals surface area contributed by atoms with Gasteiger partial charge in [0.25, 0.3) is 5.91 Å². The standard InChI is InChI=1S/C21H20F3N5O4/c1-29-16-4-2-12(18(31)25-6-8-32-9-7-30)10-14(16)26-19(29)28-20-27-15-11-13(21(22,23)24)3-5-17(15)33-20/h2-5,10-11,30H,6-9H2,1H3,(H,25,31)(H,26,27,28). The van der Waals surface area contributed by atoms with Crippen molar-refractivity contribution in [2.24, 2.45) is 7.05 Å². The molecule has 33 heavy (non-hydrogen) atoms. The lowest BCUT2D eigenvalue weighted by molar-refractivity contribution is -0.137. The fraction of sp³-hybridized carbons (Fsp3) is 0.286. The SMILES string of the molecule is Cn1c(Nc2nc3cc(C(F)(F)F)ccc3o2)nc2cc(C(=O)NCCOCCO)ccc21. The van der Waals surface area contributed by atoms with Gasteiger partial charge in [-0.3, -0.25) is 10.1 Å². The number of fused-ring (bicyclic) bond motifs is 2. The largest absolute Gasteiger partial charge is 0.423 e. The lowest BCUT2D eigenvalue weighted by atomic mass is 10.2. The Morgan fingerprint density at radius 1 is 1.15 bits per heavy atom. The van der Waals surface area contributed by atoms with E-state index in [-0.39, 0.29) is 42.8 Å². The van der Waals surface area contributed by atoms with Gasteiger partial charge in [-0.1, -0.05) is 0 Å². The quantitative estimate of drug-likeness (QED) is 0.344. The second kappa shape index (κ2) is 9.08. The van der Waals surface area contributed by atoms with E-state index >= 15 is 0 Å². The highest BCUT2D eigenvalue weighted by Crippen LogP contribution is 2.32. The number of imidazole rings is 1. The zero-order valence-corrected chi connectivity index (χ0v) is 17.4. The molecule has 12 heteroatoms. The van der Waals surface area contributed by atoms with Crippen LogP contribution in [-0.4, -0.2) is 51.9 Å². The predicted octanol–water partition coefficient (Wildman–Crippen LogP) is 3.22. The Labute approximate surface area is 185 Å². The van der Waals surface area contributed by atoms with Crippen molar-refractivity contribution in [1.82, 2.24) is 19.9 Å². The van der Waals surface area contributed by atoms with Gasteiger partial charge in [-0.15, -0.1) is 0 Å². The number of aryl methyl sites for hydroxylation is 1. The fourth-order valence-corrected chi connectivity index (χ4v) is 3.21. The number of oxazole rings is 1. The summed E-state index contributed by atoms with van der Waals surface area (Å²) in [6, 6.07) is 8.04. The first-order valence-electron chi connectivity index (χ1n) is 9.94. The first-order chi connectivity index (χ1) is 15.8. The third-order valence-electron chi connectivity index (χ3n) is 4.84. The molecule has 4 rings (SSSR count). The normalized spacial score (nSPS) is 11.9. The summed E-state index contributed by atoms with van der Waals surface area (Å²) in [6.07, 6.45) is -4.48. The van der Waals surface area contributed by atoms with Crippen molar-refractivity contribution in [3.8, 4) is 0 Å². The minimum Gasteiger partial charge on any atom is -0.423 e. The molecule has 2 aromatic heterocycles. The van der Waals surface area contributed by atoms with Gasteiger partial charge in [-0.05, 0) is 36.4 Å². The molecule has 4 aromatic rings. The maximum Gasteiger partial charge on any atom is 0.416 e. The number of hydrogen-bond donors (Lipinski definition) is 3. The number of aliphatic hydroxyl groups excluding tert-OH is 1. The molecule has 174 valence electrons. The van der Waals surface area contributed by atoms with Crippen molar-refractivity contribution in [1.29, 1.82) is 0 Å². The minimum atomic E-state index is -4.48. The second-order valence-corrected chi connectivity index (χ2v) is 7.11. The fourth-order valence-electron chi connectivity index (χ4n) is 3.21. The van der Waals surface area contributed by atoms with E-state index in [4.69, 9.17) is 14.3 Å². The number of aromatic nitrogens is 3. The molecule has 0 radical (unpaired) electrons. The van der Waals surface area contributed by atoms with E-state index in [0.717, 1.165) is 17.6 Å². The van der Waals surface area contributed by atoms with E-state index < -0.39 is 11.7 Å². The van der Waals surface area contributed by atoms with Crippen LogP contribution in [0.1, 0.15) is 15.9 Å². The first-order valence-corrected chi connectivity index (χ1v) is 9.94. The van der Waals surface area contributed by atoms with Gasteiger partial charge in [0.05, 0.1) is 36.4 Å². The Balaban J connectivity index is 1.51. The van der Waals surface area contributed by atoms with Crippen molar-refractivity contribution in [3.05, 3.63) is 47.5 Å². The molecule has 0 bridgehead atoms. The molecule has 0 unspecified atom stereocenters. The summed E-state index contributed by atoms with van der Waals surface area (Å²) < 4.78 is 51.0. The van der Waals surface area contributed by atoms with Crippen LogP contribution in [0.25, 0.3) is 22.1 Å². The molecular formula is C21H20F3N5O4. The van der Waals surface area contributed by atoms with Gasteiger partial charge in [0.1, 0.15) is 5.52 Å². The van der Waals surface area contributed by atoms with Crippen LogP contribution in [0.15, 0.2) is 40.8 Å². The average molecular weight is 463 g/mol. The van der Waals surface area contributed by atoms with Gasteiger partial charge >= 0.3 is 12.2 Å². The molecule has 0 aliphatic carbocycles. The van der Waals surface area contributed by atoms with E-state index in [9.17, 15) is 18.0 Å². The van der Waals surface area contributed by atoms with Crippen LogP contribution in [0.5, 0.6) is 0 Å². The number of nitrogens with zero attached hydrogens (tertiary/aromatic N) is 3. The van der Waals surface area contributed by atoms with Crippen LogP contribution in [-0.2, 0) is 18.0 Å². The van der Waals surface area contributed by atoms with Crippen molar-refractivity contribution in [3.63, 3.8) is 0 Å².